The lowest BCUT2D eigenvalue weighted by Gasteiger charge is -1.96. The van der Waals surface area contributed by atoms with Crippen LogP contribution in [-0.4, -0.2) is 4.98 Å². The first-order chi connectivity index (χ1) is 8.24. The number of nitrogens with two attached hydrogens (primary N) is 1. The molecule has 0 aliphatic rings. The Balaban J connectivity index is 2.18. The van der Waals surface area contributed by atoms with Gasteiger partial charge in [0, 0.05) is 29.0 Å². The molecule has 0 spiro atoms. The highest BCUT2D eigenvalue weighted by atomic mass is 127. The molecule has 1 aromatic carbocycles. The molecule has 0 unspecified atom stereocenters. The molecule has 2 heterocycles. The Kier molecular flexibility index (Phi) is 2.51. The van der Waals surface area contributed by atoms with E-state index in [4.69, 9.17) is 10.2 Å². The standard InChI is InChI=1S/C13H9IN2O/c14-11-7-16-6-9-5-12(17-13(9)11)8-1-3-10(15)4-2-8/h1-7H,15H2. The number of pyridine rings is 1. The highest BCUT2D eigenvalue weighted by Crippen LogP contribution is 2.30. The number of hydrogen-bond donors (Lipinski definition) is 1. The van der Waals surface area contributed by atoms with E-state index in [2.05, 4.69) is 27.6 Å². The predicted molar refractivity (Wildman–Crippen MR) is 76.6 cm³/mol. The number of aromatic nitrogens is 1. The van der Waals surface area contributed by atoms with Crippen LogP contribution in [-0.2, 0) is 0 Å². The fourth-order valence-corrected chi connectivity index (χ4v) is 2.30. The zero-order valence-corrected chi connectivity index (χ0v) is 11.0. The molecule has 0 amide bonds. The number of nitrogen functional groups attached to an aromatic ring is 1. The maximum absolute atomic E-state index is 5.84. The molecular formula is C13H9IN2O. The third kappa shape index (κ3) is 1.88. The third-order valence-electron chi connectivity index (χ3n) is 2.57. The lowest BCUT2D eigenvalue weighted by molar-refractivity contribution is 0.629. The van der Waals surface area contributed by atoms with Crippen molar-refractivity contribution >= 4 is 39.2 Å². The first-order valence-corrected chi connectivity index (χ1v) is 6.21. The summed E-state index contributed by atoms with van der Waals surface area (Å²) < 4.78 is 6.85. The zero-order valence-electron chi connectivity index (χ0n) is 8.85. The Labute approximate surface area is 112 Å². The van der Waals surface area contributed by atoms with Gasteiger partial charge in [-0.15, -0.1) is 0 Å². The number of fused-ring (bicyclic) bond motifs is 1. The summed E-state index contributed by atoms with van der Waals surface area (Å²) in [4.78, 5) is 4.15. The molecule has 4 heteroatoms. The second-order valence-electron chi connectivity index (χ2n) is 3.77. The van der Waals surface area contributed by atoms with Gasteiger partial charge in [0.05, 0.1) is 3.57 Å². The van der Waals surface area contributed by atoms with Crippen LogP contribution in [0.4, 0.5) is 5.69 Å². The van der Waals surface area contributed by atoms with E-state index >= 15 is 0 Å². The molecule has 2 N–H and O–H groups in total. The van der Waals surface area contributed by atoms with Gasteiger partial charge >= 0.3 is 0 Å². The van der Waals surface area contributed by atoms with Gasteiger partial charge in [0.25, 0.3) is 0 Å². The van der Waals surface area contributed by atoms with Crippen molar-refractivity contribution in [2.75, 3.05) is 5.73 Å². The Morgan fingerprint density at radius 3 is 2.59 bits per heavy atom. The van der Waals surface area contributed by atoms with Gasteiger partial charge in [-0.25, -0.2) is 0 Å². The molecule has 0 aliphatic heterocycles. The van der Waals surface area contributed by atoms with Crippen LogP contribution in [0.2, 0.25) is 0 Å². The highest BCUT2D eigenvalue weighted by molar-refractivity contribution is 14.1. The van der Waals surface area contributed by atoms with Crippen molar-refractivity contribution < 1.29 is 4.42 Å². The minimum Gasteiger partial charge on any atom is -0.455 e. The summed E-state index contributed by atoms with van der Waals surface area (Å²) in [5.41, 5.74) is 8.31. The van der Waals surface area contributed by atoms with Crippen molar-refractivity contribution in [2.45, 2.75) is 0 Å². The van der Waals surface area contributed by atoms with Gasteiger partial charge in [0.2, 0.25) is 0 Å². The van der Waals surface area contributed by atoms with Gasteiger partial charge in [0.1, 0.15) is 5.76 Å². The van der Waals surface area contributed by atoms with Crippen LogP contribution >= 0.6 is 22.6 Å². The van der Waals surface area contributed by atoms with E-state index in [-0.39, 0.29) is 0 Å². The van der Waals surface area contributed by atoms with Gasteiger partial charge < -0.3 is 10.2 Å². The molecule has 0 atom stereocenters. The van der Waals surface area contributed by atoms with Crippen molar-refractivity contribution in [3.8, 4) is 11.3 Å². The van der Waals surface area contributed by atoms with Crippen LogP contribution in [0.15, 0.2) is 47.1 Å². The molecule has 0 saturated carbocycles. The summed E-state index contributed by atoms with van der Waals surface area (Å²) in [5, 5.41) is 1.02. The SMILES string of the molecule is Nc1ccc(-c2cc3cncc(I)c3o2)cc1. The summed E-state index contributed by atoms with van der Waals surface area (Å²) in [6.07, 6.45) is 3.60. The smallest absolute Gasteiger partial charge is 0.151 e. The summed E-state index contributed by atoms with van der Waals surface area (Å²) in [6.45, 7) is 0. The van der Waals surface area contributed by atoms with Gasteiger partial charge in [-0.2, -0.15) is 0 Å². The molecular weight excluding hydrogens is 327 g/mol. The highest BCUT2D eigenvalue weighted by Gasteiger charge is 2.08. The van der Waals surface area contributed by atoms with Crippen LogP contribution < -0.4 is 5.73 Å². The predicted octanol–water partition coefficient (Wildman–Crippen LogP) is 3.68. The maximum Gasteiger partial charge on any atom is 0.151 e. The van der Waals surface area contributed by atoms with E-state index < -0.39 is 0 Å². The van der Waals surface area contributed by atoms with Crippen LogP contribution in [0.25, 0.3) is 22.3 Å². The Bertz CT molecular complexity index is 673. The van der Waals surface area contributed by atoms with Crippen LogP contribution in [0.5, 0.6) is 0 Å². The Morgan fingerprint density at radius 2 is 1.88 bits per heavy atom. The van der Waals surface area contributed by atoms with E-state index in [1.54, 1.807) is 6.20 Å². The average Bonchev–Trinajstić information content (AvgIpc) is 2.75. The van der Waals surface area contributed by atoms with Gasteiger partial charge in [0.15, 0.2) is 5.58 Å². The topological polar surface area (TPSA) is 52.0 Å². The van der Waals surface area contributed by atoms with Crippen LogP contribution in [0.1, 0.15) is 0 Å². The van der Waals surface area contributed by atoms with Crippen molar-refractivity contribution in [2.24, 2.45) is 0 Å². The molecule has 84 valence electrons. The molecule has 0 aliphatic carbocycles. The summed E-state index contributed by atoms with van der Waals surface area (Å²) in [6, 6.07) is 9.63. The Hall–Kier alpha value is -1.56. The molecule has 17 heavy (non-hydrogen) atoms. The minimum absolute atomic E-state index is 0.751. The van der Waals surface area contributed by atoms with E-state index in [0.717, 1.165) is 31.6 Å². The second-order valence-corrected chi connectivity index (χ2v) is 4.93. The quantitative estimate of drug-likeness (QED) is 0.545. The molecule has 0 saturated heterocycles. The first-order valence-electron chi connectivity index (χ1n) is 5.13. The minimum atomic E-state index is 0.751. The number of benzene rings is 1. The molecule has 3 nitrogen and oxygen atoms in total. The number of rotatable bonds is 1. The fourth-order valence-electron chi connectivity index (χ4n) is 1.72. The maximum atomic E-state index is 5.84. The lowest BCUT2D eigenvalue weighted by Crippen LogP contribution is -1.82. The monoisotopic (exact) mass is 336 g/mol. The molecule has 3 aromatic rings. The Morgan fingerprint density at radius 1 is 1.12 bits per heavy atom. The van der Waals surface area contributed by atoms with Crippen LogP contribution in [0, 0.1) is 3.57 Å². The lowest BCUT2D eigenvalue weighted by atomic mass is 10.1. The van der Waals surface area contributed by atoms with E-state index in [1.165, 1.54) is 0 Å². The first kappa shape index (κ1) is 10.6. The molecule has 0 radical (unpaired) electrons. The fraction of sp³-hybridized carbons (Fsp3) is 0. The average molecular weight is 336 g/mol. The summed E-state index contributed by atoms with van der Waals surface area (Å²) in [5.74, 6) is 0.839. The number of nitrogens with zero attached hydrogens (tertiary/aromatic N) is 1. The van der Waals surface area contributed by atoms with Crippen molar-refractivity contribution in [3.05, 3.63) is 46.3 Å². The van der Waals surface area contributed by atoms with Gasteiger partial charge in [-0.1, -0.05) is 0 Å². The summed E-state index contributed by atoms with van der Waals surface area (Å²) in [7, 11) is 0. The summed E-state index contributed by atoms with van der Waals surface area (Å²) >= 11 is 2.22. The van der Waals surface area contributed by atoms with Crippen LogP contribution in [0.3, 0.4) is 0 Å². The van der Waals surface area contributed by atoms with Crippen molar-refractivity contribution in [1.29, 1.82) is 0 Å². The number of furan rings is 1. The van der Waals surface area contributed by atoms with Gasteiger partial charge in [-0.3, -0.25) is 4.98 Å². The third-order valence-corrected chi connectivity index (χ3v) is 3.34. The largest absolute Gasteiger partial charge is 0.455 e. The molecule has 0 fully saturated rings. The van der Waals surface area contributed by atoms with E-state index in [1.807, 2.05) is 36.5 Å². The van der Waals surface area contributed by atoms with Crippen molar-refractivity contribution in [1.82, 2.24) is 4.98 Å². The number of hydrogen-bond acceptors (Lipinski definition) is 3. The number of anilines is 1. The van der Waals surface area contributed by atoms with Gasteiger partial charge in [-0.05, 0) is 52.9 Å². The van der Waals surface area contributed by atoms with E-state index in [9.17, 15) is 0 Å². The second kappa shape index (κ2) is 4.03. The molecule has 3 rings (SSSR count). The van der Waals surface area contributed by atoms with E-state index in [0.29, 0.717) is 0 Å². The molecule has 2 aromatic heterocycles. The normalized spacial score (nSPS) is 10.9. The van der Waals surface area contributed by atoms with Crippen molar-refractivity contribution in [3.63, 3.8) is 0 Å². The zero-order chi connectivity index (χ0) is 11.8. The number of halogens is 1. The molecule has 0 bridgehead atoms.